The van der Waals surface area contributed by atoms with Crippen molar-refractivity contribution in [3.8, 4) is 0 Å². The van der Waals surface area contributed by atoms with Crippen molar-refractivity contribution in [1.82, 2.24) is 0 Å². The highest BCUT2D eigenvalue weighted by molar-refractivity contribution is 7.45. The lowest BCUT2D eigenvalue weighted by Crippen LogP contribution is -2.37. The summed E-state index contributed by atoms with van der Waals surface area (Å²) in [4.78, 5) is 37.7. The number of phosphoric acid groups is 1. The van der Waals surface area contributed by atoms with Gasteiger partial charge in [-0.3, -0.25) is 14.2 Å². The van der Waals surface area contributed by atoms with Crippen molar-refractivity contribution in [2.24, 2.45) is 0 Å². The molecule has 9 nitrogen and oxygen atoms in total. The van der Waals surface area contributed by atoms with Crippen LogP contribution >= 0.6 is 7.82 Å². The molecule has 0 N–H and O–H groups in total. The van der Waals surface area contributed by atoms with Gasteiger partial charge in [-0.05, 0) is 57.8 Å². The first kappa shape index (κ1) is 64.7. The van der Waals surface area contributed by atoms with Crippen LogP contribution in [0.5, 0.6) is 0 Å². The average Bonchev–Trinajstić information content (AvgIpc) is 3.29. The minimum absolute atomic E-state index is 0.0303. The summed E-state index contributed by atoms with van der Waals surface area (Å²) in [6.45, 7) is 4.13. The predicted octanol–water partition coefficient (Wildman–Crippen LogP) is 16.1. The monoisotopic (exact) mass is 962 g/mol. The van der Waals surface area contributed by atoms with Gasteiger partial charge in [-0.15, -0.1) is 0 Å². The number of rotatable bonds is 50. The van der Waals surface area contributed by atoms with E-state index in [1.807, 2.05) is 21.1 Å². The fraction of sp³-hybridized carbons (Fsp3) is 0.789. The lowest BCUT2D eigenvalue weighted by molar-refractivity contribution is -0.870. The number of likely N-dealkylation sites (N-methyl/N-ethyl adjacent to an activating group) is 1. The van der Waals surface area contributed by atoms with Crippen LogP contribution in [0.4, 0.5) is 0 Å². The zero-order chi connectivity index (χ0) is 49.2. The van der Waals surface area contributed by atoms with Gasteiger partial charge in [0.1, 0.15) is 19.8 Å². The van der Waals surface area contributed by atoms with Gasteiger partial charge in [-0.25, -0.2) is 0 Å². The van der Waals surface area contributed by atoms with Crippen LogP contribution in [0, 0.1) is 0 Å². The highest BCUT2D eigenvalue weighted by Crippen LogP contribution is 2.38. The second kappa shape index (κ2) is 48.7. The molecule has 0 aromatic heterocycles. The van der Waals surface area contributed by atoms with Crippen LogP contribution in [-0.2, 0) is 32.7 Å². The Labute approximate surface area is 413 Å². The maximum absolute atomic E-state index is 12.8. The predicted molar refractivity (Wildman–Crippen MR) is 282 cm³/mol. The van der Waals surface area contributed by atoms with E-state index in [0.29, 0.717) is 17.4 Å². The van der Waals surface area contributed by atoms with Gasteiger partial charge in [-0.1, -0.05) is 229 Å². The van der Waals surface area contributed by atoms with E-state index in [2.05, 4.69) is 74.6 Å². The molecule has 0 amide bonds. The van der Waals surface area contributed by atoms with E-state index in [9.17, 15) is 19.0 Å². The number of allylic oxidation sites excluding steroid dienone is 10. The molecule has 390 valence electrons. The third-order valence-electron chi connectivity index (χ3n) is 11.8. The van der Waals surface area contributed by atoms with Crippen molar-refractivity contribution in [3.63, 3.8) is 0 Å². The maximum Gasteiger partial charge on any atom is 0.306 e. The van der Waals surface area contributed by atoms with Crippen molar-refractivity contribution in [2.75, 3.05) is 47.5 Å². The van der Waals surface area contributed by atoms with Gasteiger partial charge in [0.25, 0.3) is 7.82 Å². The Morgan fingerprint density at radius 3 is 1.27 bits per heavy atom. The van der Waals surface area contributed by atoms with E-state index in [0.717, 1.165) is 70.6 Å². The normalized spacial score (nSPS) is 13.8. The fourth-order valence-corrected chi connectivity index (χ4v) is 8.29. The van der Waals surface area contributed by atoms with Crippen molar-refractivity contribution < 1.29 is 42.1 Å². The molecule has 0 aromatic rings. The largest absolute Gasteiger partial charge is 0.756 e. The number of hydrogen-bond donors (Lipinski definition) is 0. The second-order valence-corrected chi connectivity index (χ2v) is 21.0. The molecule has 0 radical (unpaired) electrons. The molecule has 0 saturated carbocycles. The van der Waals surface area contributed by atoms with Crippen molar-refractivity contribution >= 4 is 19.8 Å². The van der Waals surface area contributed by atoms with Gasteiger partial charge >= 0.3 is 11.9 Å². The van der Waals surface area contributed by atoms with Crippen molar-refractivity contribution in [2.45, 2.75) is 245 Å². The van der Waals surface area contributed by atoms with E-state index in [1.165, 1.54) is 135 Å². The Kier molecular flexibility index (Phi) is 47.1. The minimum atomic E-state index is -4.63. The third kappa shape index (κ3) is 52.9. The van der Waals surface area contributed by atoms with E-state index in [4.69, 9.17) is 18.5 Å². The van der Waals surface area contributed by atoms with Gasteiger partial charge in [0.15, 0.2) is 6.10 Å². The van der Waals surface area contributed by atoms with Crippen molar-refractivity contribution in [3.05, 3.63) is 60.8 Å². The zero-order valence-corrected chi connectivity index (χ0v) is 45.0. The van der Waals surface area contributed by atoms with E-state index in [1.54, 1.807) is 0 Å². The van der Waals surface area contributed by atoms with Gasteiger partial charge in [-0.2, -0.15) is 0 Å². The van der Waals surface area contributed by atoms with Crippen LogP contribution in [-0.4, -0.2) is 70.0 Å². The molecule has 0 aliphatic rings. The Morgan fingerprint density at radius 2 is 0.851 bits per heavy atom. The molecule has 0 aliphatic heterocycles. The molecule has 0 aromatic carbocycles. The summed E-state index contributed by atoms with van der Waals surface area (Å²) >= 11 is 0. The summed E-state index contributed by atoms with van der Waals surface area (Å²) in [6, 6.07) is 0. The third-order valence-corrected chi connectivity index (χ3v) is 12.8. The van der Waals surface area contributed by atoms with Crippen LogP contribution in [0.25, 0.3) is 0 Å². The lowest BCUT2D eigenvalue weighted by Gasteiger charge is -2.28. The molecule has 0 saturated heterocycles. The van der Waals surface area contributed by atoms with Crippen LogP contribution in [0.1, 0.15) is 239 Å². The number of hydrogen-bond acceptors (Lipinski definition) is 8. The Hall–Kier alpha value is -2.29. The van der Waals surface area contributed by atoms with E-state index < -0.39 is 26.5 Å². The number of carbonyl (C=O) groups is 2. The van der Waals surface area contributed by atoms with Crippen LogP contribution in [0.15, 0.2) is 60.8 Å². The molecule has 0 rings (SSSR count). The van der Waals surface area contributed by atoms with E-state index >= 15 is 0 Å². The molecule has 0 heterocycles. The highest BCUT2D eigenvalue weighted by Gasteiger charge is 2.21. The highest BCUT2D eigenvalue weighted by atomic mass is 31.2. The van der Waals surface area contributed by atoms with Gasteiger partial charge in [0.2, 0.25) is 0 Å². The average molecular weight is 962 g/mol. The summed E-state index contributed by atoms with van der Waals surface area (Å²) in [5, 5.41) is 0. The summed E-state index contributed by atoms with van der Waals surface area (Å²) in [5.41, 5.74) is 0. The molecule has 0 bridgehead atoms. The first-order chi connectivity index (χ1) is 32.5. The standard InChI is InChI=1S/C57H104NO8P/c1-6-8-10-12-14-16-18-20-21-22-23-24-25-26-27-28-29-30-31-32-33-34-35-36-37-38-40-42-44-46-48-50-57(60)66-55(54-65-67(61,62)64-52-51-58(3,4)5)53-63-56(59)49-47-45-43-41-39-19-17-15-13-11-9-7-2/h8,10,14,16,20-21,23-24,26-27,55H,6-7,9,11-13,15,17-19,22,25,28-54H2,1-5H3/b10-8-,16-14-,21-20-,24-23-,27-26-. The maximum atomic E-state index is 12.8. The second-order valence-electron chi connectivity index (χ2n) is 19.6. The first-order valence-corrected chi connectivity index (χ1v) is 29.0. The SMILES string of the molecule is CC/C=C\C/C=C\C/C=C\C/C=C\C/C=C\CCCCCCCCCCCCCCCCCC(=O)OC(COC(=O)CCCCCCCCCCCCCC)COP(=O)([O-])OCC[N+](C)(C)C. The quantitative estimate of drug-likeness (QED) is 0.0195. The molecule has 0 spiro atoms. The Morgan fingerprint density at radius 1 is 0.478 bits per heavy atom. The number of phosphoric ester groups is 1. The molecular weight excluding hydrogens is 858 g/mol. The van der Waals surface area contributed by atoms with Gasteiger partial charge in [0, 0.05) is 12.8 Å². The summed E-state index contributed by atoms with van der Waals surface area (Å²) < 4.78 is 34.1. The molecule has 2 atom stereocenters. The number of quaternary nitrogens is 1. The summed E-state index contributed by atoms with van der Waals surface area (Å²) in [5.74, 6) is -0.828. The van der Waals surface area contributed by atoms with Crippen LogP contribution in [0.2, 0.25) is 0 Å². The molecule has 67 heavy (non-hydrogen) atoms. The zero-order valence-electron chi connectivity index (χ0n) is 44.1. The number of nitrogens with zero attached hydrogens (tertiary/aromatic N) is 1. The molecule has 2 unspecified atom stereocenters. The molecule has 0 fully saturated rings. The van der Waals surface area contributed by atoms with Crippen molar-refractivity contribution in [1.29, 1.82) is 0 Å². The fourth-order valence-electron chi connectivity index (χ4n) is 7.57. The number of unbranched alkanes of at least 4 members (excludes halogenated alkanes) is 26. The smallest absolute Gasteiger partial charge is 0.306 e. The lowest BCUT2D eigenvalue weighted by atomic mass is 10.0. The topological polar surface area (TPSA) is 111 Å². The first-order valence-electron chi connectivity index (χ1n) is 27.5. The number of ether oxygens (including phenoxy) is 2. The van der Waals surface area contributed by atoms with E-state index in [-0.39, 0.29) is 32.0 Å². The Bertz CT molecular complexity index is 1320. The van der Waals surface area contributed by atoms with Gasteiger partial charge in [0.05, 0.1) is 27.7 Å². The molecular formula is C57H104NO8P. The molecule has 10 heteroatoms. The van der Waals surface area contributed by atoms with Gasteiger partial charge < -0.3 is 27.9 Å². The number of carbonyl (C=O) groups excluding carboxylic acids is 2. The van der Waals surface area contributed by atoms with Crippen LogP contribution in [0.3, 0.4) is 0 Å². The Balaban J connectivity index is 4.06. The summed E-state index contributed by atoms with van der Waals surface area (Å²) in [7, 11) is 1.17. The molecule has 0 aliphatic carbocycles. The minimum Gasteiger partial charge on any atom is -0.756 e. The summed E-state index contributed by atoms with van der Waals surface area (Å²) in [6.07, 6.45) is 61.2. The number of esters is 2. The van der Waals surface area contributed by atoms with Crippen LogP contribution < -0.4 is 4.89 Å².